The third kappa shape index (κ3) is 6.96. The molecule has 7 nitrogen and oxygen atoms in total. The van der Waals surface area contributed by atoms with Crippen molar-refractivity contribution in [3.05, 3.63) is 265 Å². The highest BCUT2D eigenvalue weighted by atomic mass is 16.5. The third-order valence-corrected chi connectivity index (χ3v) is 21.1. The first-order chi connectivity index (χ1) is 43.7. The van der Waals surface area contributed by atoms with Crippen molar-refractivity contribution in [2.45, 2.75) is 76.7 Å². The van der Waals surface area contributed by atoms with E-state index in [-0.39, 0.29) is 13.4 Å². The van der Waals surface area contributed by atoms with Crippen LogP contribution in [-0.2, 0) is 10.8 Å². The van der Waals surface area contributed by atoms with Crippen LogP contribution >= 0.6 is 0 Å². The topological polar surface area (TPSA) is 36.4 Å². The molecule has 7 heterocycles. The molecule has 0 N–H and O–H groups in total. The van der Waals surface area contributed by atoms with Gasteiger partial charge in [-0.05, 0) is 147 Å². The van der Waals surface area contributed by atoms with Gasteiger partial charge in [-0.2, -0.15) is 0 Å². The number of hydrogen-bond acceptors (Lipinski definition) is 6. The van der Waals surface area contributed by atoms with Gasteiger partial charge in [-0.3, -0.25) is 4.90 Å². The van der Waals surface area contributed by atoms with Crippen LogP contribution in [0.1, 0.15) is 88.1 Å². The quantitative estimate of drug-likeness (QED) is 0.160. The molecular weight excluding hydrogens is 1080 g/mol. The number of nitrogens with zero attached hydrogens (tertiary/aromatic N) is 5. The molecular formula is C80H63B2N5O2. The predicted octanol–water partition coefficient (Wildman–Crippen LogP) is 17.2. The van der Waals surface area contributed by atoms with Crippen molar-refractivity contribution >= 4 is 125 Å². The number of fused-ring (bicyclic) bond motifs is 16. The van der Waals surface area contributed by atoms with Crippen LogP contribution in [0, 0.1) is 0 Å². The molecule has 0 bridgehead atoms. The molecule has 19 rings (SSSR count). The average Bonchev–Trinajstić information content (AvgIpc) is 1.63. The van der Waals surface area contributed by atoms with Crippen LogP contribution in [-0.4, -0.2) is 18.0 Å². The van der Waals surface area contributed by atoms with E-state index in [9.17, 15) is 0 Å². The summed E-state index contributed by atoms with van der Waals surface area (Å²) in [6.45, 7) is 9.19. The molecule has 1 aromatic heterocycles. The lowest BCUT2D eigenvalue weighted by molar-refractivity contribution is 0.363. The van der Waals surface area contributed by atoms with Crippen LogP contribution in [0.4, 0.5) is 68.4 Å². The van der Waals surface area contributed by atoms with Crippen LogP contribution in [0.2, 0.25) is 0 Å². The molecule has 7 aliphatic rings. The van der Waals surface area contributed by atoms with Gasteiger partial charge in [0.05, 0.1) is 22.7 Å². The zero-order chi connectivity index (χ0) is 59.0. The zero-order valence-electron chi connectivity index (χ0n) is 50.4. The van der Waals surface area contributed by atoms with Gasteiger partial charge < -0.3 is 28.7 Å². The predicted molar refractivity (Wildman–Crippen MR) is 369 cm³/mol. The molecule has 0 radical (unpaired) electrons. The van der Waals surface area contributed by atoms with Gasteiger partial charge in [-0.15, -0.1) is 0 Å². The van der Waals surface area contributed by atoms with E-state index in [4.69, 9.17) is 9.47 Å². The second-order valence-corrected chi connectivity index (χ2v) is 26.5. The van der Waals surface area contributed by atoms with E-state index >= 15 is 0 Å². The molecule has 0 amide bonds. The molecule has 89 heavy (non-hydrogen) atoms. The normalized spacial score (nSPS) is 16.5. The van der Waals surface area contributed by atoms with E-state index in [1.165, 1.54) is 91.5 Å². The number of aromatic nitrogens is 1. The van der Waals surface area contributed by atoms with Gasteiger partial charge in [0.1, 0.15) is 28.8 Å². The highest BCUT2D eigenvalue weighted by molar-refractivity contribution is 7.03. The molecule has 0 unspecified atom stereocenters. The van der Waals surface area contributed by atoms with E-state index in [1.54, 1.807) is 0 Å². The zero-order valence-corrected chi connectivity index (χ0v) is 50.4. The maximum absolute atomic E-state index is 8.12. The highest BCUT2D eigenvalue weighted by Gasteiger charge is 2.54. The summed E-state index contributed by atoms with van der Waals surface area (Å²) in [6, 6.07) is 90.6. The summed E-state index contributed by atoms with van der Waals surface area (Å²) in [5.41, 5.74) is 24.8. The molecule has 0 spiro atoms. The van der Waals surface area contributed by atoms with Gasteiger partial charge in [-0.25, -0.2) is 0 Å². The third-order valence-electron chi connectivity index (χ3n) is 21.1. The first kappa shape index (κ1) is 51.0. The van der Waals surface area contributed by atoms with Crippen LogP contribution in [0.25, 0.3) is 10.9 Å². The Bertz CT molecular complexity index is 4940. The first-order valence-corrected chi connectivity index (χ1v) is 32.0. The maximum atomic E-state index is 8.12. The maximum Gasteiger partial charge on any atom is 0.259 e. The Morgan fingerprint density at radius 2 is 0.787 bits per heavy atom. The number of hydrogen-bond donors (Lipinski definition) is 0. The van der Waals surface area contributed by atoms with Crippen molar-refractivity contribution in [1.82, 2.24) is 4.57 Å². The molecule has 1 aliphatic carbocycles. The Morgan fingerprint density at radius 1 is 0.360 bits per heavy atom. The van der Waals surface area contributed by atoms with Crippen molar-refractivity contribution in [3.8, 4) is 23.0 Å². The Balaban J connectivity index is 0.932. The minimum Gasteiger partial charge on any atom is -0.458 e. The van der Waals surface area contributed by atoms with Crippen molar-refractivity contribution < 1.29 is 9.47 Å². The van der Waals surface area contributed by atoms with E-state index < -0.39 is 10.8 Å². The molecule has 1 saturated carbocycles. The van der Waals surface area contributed by atoms with Gasteiger partial charge in [0.2, 0.25) is 0 Å². The van der Waals surface area contributed by atoms with Gasteiger partial charge >= 0.3 is 0 Å². The number of benzene rings is 11. The Kier molecular flexibility index (Phi) is 10.7. The Morgan fingerprint density at radius 3 is 1.34 bits per heavy atom. The summed E-state index contributed by atoms with van der Waals surface area (Å²) in [4.78, 5) is 10.1. The lowest BCUT2D eigenvalue weighted by Gasteiger charge is -2.48. The summed E-state index contributed by atoms with van der Waals surface area (Å²) in [6.07, 6.45) is 5.96. The van der Waals surface area contributed by atoms with Crippen molar-refractivity contribution in [2.75, 3.05) is 19.6 Å². The van der Waals surface area contributed by atoms with Crippen LogP contribution in [0.3, 0.4) is 0 Å². The smallest absolute Gasteiger partial charge is 0.259 e. The summed E-state index contributed by atoms with van der Waals surface area (Å²) in [5, 5.41) is 1.29. The fourth-order valence-corrected chi connectivity index (χ4v) is 17.4. The van der Waals surface area contributed by atoms with Crippen molar-refractivity contribution in [2.24, 2.45) is 0 Å². The Labute approximate surface area is 520 Å². The second-order valence-electron chi connectivity index (χ2n) is 26.5. The molecule has 0 atom stereocenters. The summed E-state index contributed by atoms with van der Waals surface area (Å²) in [5.74, 6) is 4.73. The fraction of sp³-hybridized carbons (Fsp3) is 0.150. The van der Waals surface area contributed by atoms with E-state index in [2.05, 4.69) is 295 Å². The van der Waals surface area contributed by atoms with E-state index in [1.807, 2.05) is 0 Å². The molecule has 1 fully saturated rings. The number of para-hydroxylation sites is 8. The van der Waals surface area contributed by atoms with Crippen molar-refractivity contribution in [1.29, 1.82) is 0 Å². The summed E-state index contributed by atoms with van der Waals surface area (Å²) < 4.78 is 18.9. The lowest BCUT2D eigenvalue weighted by Crippen LogP contribution is -2.63. The second kappa shape index (κ2) is 18.7. The minimum atomic E-state index is -0.486. The number of ether oxygens (including phenoxy) is 2. The molecule has 426 valence electrons. The van der Waals surface area contributed by atoms with E-state index in [0.717, 1.165) is 98.0 Å². The molecule has 11 aromatic carbocycles. The monoisotopic (exact) mass is 1150 g/mol. The lowest BCUT2D eigenvalue weighted by atomic mass is 9.30. The van der Waals surface area contributed by atoms with Crippen LogP contribution in [0.5, 0.6) is 23.0 Å². The van der Waals surface area contributed by atoms with Crippen molar-refractivity contribution in [3.63, 3.8) is 0 Å². The van der Waals surface area contributed by atoms with Crippen LogP contribution in [0.15, 0.2) is 243 Å². The van der Waals surface area contributed by atoms with Gasteiger partial charge in [-0.1, -0.05) is 199 Å². The SMILES string of the molecule is CC1(C)c2ccccc2N(c2ccccc2)c2cc3c4c(c21)Oc1cc2c(cc1B4c1ccccc1N3c1ccccc1)B1c3c(cc4c(c3O2)C(C)(C)c2ccccc2N4c2ccccc2)N(c2ccccc2)c2c1c1ccccc1n2C1CCCCC1. The minimum absolute atomic E-state index is 0.194. The Hall–Kier alpha value is -10.1. The van der Waals surface area contributed by atoms with Crippen LogP contribution < -0.4 is 61.9 Å². The number of rotatable bonds is 5. The fourth-order valence-electron chi connectivity index (χ4n) is 17.4. The van der Waals surface area contributed by atoms with Gasteiger partial charge in [0.25, 0.3) is 13.4 Å². The average molecular weight is 1150 g/mol. The molecule has 0 saturated heterocycles. The summed E-state index contributed by atoms with van der Waals surface area (Å²) >= 11 is 0. The van der Waals surface area contributed by atoms with Gasteiger partial charge in [0, 0.05) is 79.4 Å². The van der Waals surface area contributed by atoms with Gasteiger partial charge in [0.15, 0.2) is 0 Å². The highest BCUT2D eigenvalue weighted by Crippen LogP contribution is 2.61. The largest absolute Gasteiger partial charge is 0.458 e. The molecule has 6 aliphatic heterocycles. The molecule has 12 aromatic rings. The van der Waals surface area contributed by atoms with E-state index in [0.29, 0.717) is 6.04 Å². The first-order valence-electron chi connectivity index (χ1n) is 32.0. The summed E-state index contributed by atoms with van der Waals surface area (Å²) in [7, 11) is 0. The molecule has 9 heteroatoms. The number of anilines is 12. The standard InChI is InChI=1S/C80H63B2N5O2/c1-79(2)56-39-21-25-43-62(56)83(50-28-10-5-11-29-50)65-47-67-74-76(71(65)79)88-69-49-70-60(46-59(69)81(74)58-41-23-27-45-64(58)85(67)52-32-14-7-15-33-52)82-73-55-38-20-24-42-61(55)86(53-34-16-8-17-35-53)78(73)87(54-36-18-9-19-37-54)68-48-66-72(77(89-70)75(68)82)80(3,4)57-40-22-26-44-63(57)84(66)51-30-12-6-13-31-51/h5-7,9-15,18-33,36-49,53H,8,16-17,34-35H2,1-4H3.